The monoisotopic (exact) mass is 343 g/mol. The smallest absolute Gasteiger partial charge is 0.170 e. The molecule has 1 aromatic heterocycles. The van der Waals surface area contributed by atoms with E-state index < -0.39 is 11.4 Å². The zero-order chi connectivity index (χ0) is 16.3. The molecule has 5 nitrogen and oxygen atoms in total. The second-order valence-electron chi connectivity index (χ2n) is 6.74. The van der Waals surface area contributed by atoms with Crippen LogP contribution in [0.15, 0.2) is 16.6 Å². The van der Waals surface area contributed by atoms with Gasteiger partial charge in [-0.15, -0.1) is 16.1 Å². The molecule has 7 heteroatoms. The van der Waals surface area contributed by atoms with Crippen LogP contribution < -0.4 is 10.5 Å². The van der Waals surface area contributed by atoms with Crippen LogP contribution in [0, 0.1) is 5.92 Å². The molecule has 1 aliphatic rings. The van der Waals surface area contributed by atoms with Crippen molar-refractivity contribution in [2.24, 2.45) is 16.8 Å². The van der Waals surface area contributed by atoms with Crippen molar-refractivity contribution in [1.29, 1.82) is 0 Å². The summed E-state index contributed by atoms with van der Waals surface area (Å²) >= 11 is 0.451. The molecule has 1 unspecified atom stereocenters. The number of nitrogens with zero attached hydrogens (tertiary/aromatic N) is 1. The Morgan fingerprint density at radius 1 is 1.50 bits per heavy atom. The van der Waals surface area contributed by atoms with Gasteiger partial charge in [0.25, 0.3) is 0 Å². The third-order valence-electron chi connectivity index (χ3n) is 3.99. The van der Waals surface area contributed by atoms with Gasteiger partial charge in [0.15, 0.2) is 5.84 Å². The Morgan fingerprint density at radius 3 is 2.68 bits per heavy atom. The van der Waals surface area contributed by atoms with E-state index in [-0.39, 0.29) is 16.6 Å². The van der Waals surface area contributed by atoms with Crippen molar-refractivity contribution >= 4 is 28.5 Å². The predicted octanol–water partition coefficient (Wildman–Crippen LogP) is 3.13. The molecule has 1 aliphatic carbocycles. The van der Waals surface area contributed by atoms with Gasteiger partial charge in [0.1, 0.15) is 4.75 Å². The lowest BCUT2D eigenvalue weighted by molar-refractivity contribution is 0.318. The maximum absolute atomic E-state index is 12.5. The molecule has 0 bridgehead atoms. The minimum atomic E-state index is -1.12. The quantitative estimate of drug-likeness (QED) is 0.252. The summed E-state index contributed by atoms with van der Waals surface area (Å²) < 4.78 is 15.5. The molecule has 22 heavy (non-hydrogen) atoms. The fourth-order valence-corrected chi connectivity index (χ4v) is 4.70. The van der Waals surface area contributed by atoms with Crippen LogP contribution in [-0.4, -0.2) is 20.3 Å². The van der Waals surface area contributed by atoms with Crippen LogP contribution >= 0.6 is 11.3 Å². The number of thiophene rings is 1. The van der Waals surface area contributed by atoms with E-state index in [1.807, 2.05) is 32.2 Å². The van der Waals surface area contributed by atoms with E-state index in [1.165, 1.54) is 12.8 Å². The van der Waals surface area contributed by atoms with Crippen molar-refractivity contribution in [2.45, 2.75) is 57.2 Å². The van der Waals surface area contributed by atoms with Crippen LogP contribution in [0.5, 0.6) is 0 Å². The highest BCUT2D eigenvalue weighted by Gasteiger charge is 2.35. The summed E-state index contributed by atoms with van der Waals surface area (Å²) in [5, 5.41) is 13.7. The Kier molecular flexibility index (Phi) is 5.76. The molecule has 2 rings (SSSR count). The molecule has 0 saturated heterocycles. The van der Waals surface area contributed by atoms with Crippen molar-refractivity contribution in [1.82, 2.24) is 4.72 Å². The number of nitrogens with two attached hydrogens (primary N) is 1. The predicted molar refractivity (Wildman–Crippen MR) is 92.6 cm³/mol. The first-order valence-electron chi connectivity index (χ1n) is 7.57. The Bertz CT molecular complexity index is 519. The maximum atomic E-state index is 12.5. The summed E-state index contributed by atoms with van der Waals surface area (Å²) in [7, 11) is 0. The van der Waals surface area contributed by atoms with Gasteiger partial charge in [-0.05, 0) is 45.6 Å². The van der Waals surface area contributed by atoms with Gasteiger partial charge >= 0.3 is 0 Å². The van der Waals surface area contributed by atoms with Gasteiger partial charge in [-0.2, -0.15) is 0 Å². The third kappa shape index (κ3) is 4.16. The molecule has 1 fully saturated rings. The van der Waals surface area contributed by atoms with Gasteiger partial charge < -0.3 is 15.5 Å². The summed E-state index contributed by atoms with van der Waals surface area (Å²) in [5.74, 6) is 0.606. The van der Waals surface area contributed by atoms with Crippen molar-refractivity contribution in [3.8, 4) is 0 Å². The largest absolute Gasteiger partial charge is 0.598 e. The summed E-state index contributed by atoms with van der Waals surface area (Å²) in [5.41, 5.74) is 6.37. The first-order chi connectivity index (χ1) is 10.3. The van der Waals surface area contributed by atoms with Crippen molar-refractivity contribution < 1.29 is 9.76 Å². The fourth-order valence-electron chi connectivity index (χ4n) is 2.68. The SMILES string of the molecule is CC(C)(C)[S+]([O-])N[C@@H](c1cc(C(N)=NO)cs1)C1CCCC1. The van der Waals surface area contributed by atoms with Gasteiger partial charge in [-0.1, -0.05) is 18.0 Å². The number of hydrogen-bond donors (Lipinski definition) is 3. The van der Waals surface area contributed by atoms with E-state index in [0.29, 0.717) is 11.5 Å². The number of nitrogens with one attached hydrogen (secondary N) is 1. The average molecular weight is 344 g/mol. The van der Waals surface area contributed by atoms with Crippen LogP contribution in [0.3, 0.4) is 0 Å². The second kappa shape index (κ2) is 7.21. The molecule has 4 N–H and O–H groups in total. The summed E-state index contributed by atoms with van der Waals surface area (Å²) in [4.78, 5) is 1.10. The lowest BCUT2D eigenvalue weighted by atomic mass is 9.97. The minimum Gasteiger partial charge on any atom is -0.598 e. The number of oxime groups is 1. The van der Waals surface area contributed by atoms with Crippen LogP contribution in [0.4, 0.5) is 0 Å². The summed E-state index contributed by atoms with van der Waals surface area (Å²) in [6.45, 7) is 5.91. The average Bonchev–Trinajstić information content (AvgIpc) is 3.13. The standard InChI is InChI=1S/C15H25N3O2S2/c1-15(2,3)22(20)18-13(10-6-4-5-7-10)12-8-11(9-21-12)14(16)17-19/h8-10,13,18-19H,4-7H2,1-3H3,(H2,16,17)/t13-,22?/m1/s1. The molecule has 124 valence electrons. The zero-order valence-electron chi connectivity index (χ0n) is 13.3. The molecule has 1 heterocycles. The Hall–Kier alpha value is -0.760. The van der Waals surface area contributed by atoms with E-state index in [0.717, 1.165) is 17.7 Å². The molecule has 0 aromatic carbocycles. The van der Waals surface area contributed by atoms with Crippen molar-refractivity contribution in [3.05, 3.63) is 21.9 Å². The van der Waals surface area contributed by atoms with Crippen LogP contribution in [0.25, 0.3) is 0 Å². The lowest BCUT2D eigenvalue weighted by Gasteiger charge is -2.30. The van der Waals surface area contributed by atoms with Gasteiger partial charge in [-0.25, -0.2) is 0 Å². The van der Waals surface area contributed by atoms with Gasteiger partial charge in [0, 0.05) is 27.2 Å². The molecule has 2 atom stereocenters. The van der Waals surface area contributed by atoms with Gasteiger partial charge in [0.2, 0.25) is 0 Å². The number of hydrogen-bond acceptors (Lipinski definition) is 5. The number of rotatable bonds is 5. The van der Waals surface area contributed by atoms with Gasteiger partial charge in [-0.3, -0.25) is 0 Å². The van der Waals surface area contributed by atoms with Crippen LogP contribution in [-0.2, 0) is 11.4 Å². The van der Waals surface area contributed by atoms with Crippen molar-refractivity contribution in [2.75, 3.05) is 0 Å². The molecule has 0 radical (unpaired) electrons. The fraction of sp³-hybridized carbons (Fsp3) is 0.667. The zero-order valence-corrected chi connectivity index (χ0v) is 15.0. The van der Waals surface area contributed by atoms with Gasteiger partial charge in [0.05, 0.1) is 6.04 Å². The Morgan fingerprint density at radius 2 is 2.14 bits per heavy atom. The summed E-state index contributed by atoms with van der Waals surface area (Å²) in [6.07, 6.45) is 4.75. The van der Waals surface area contributed by atoms with Crippen LogP contribution in [0.1, 0.15) is 62.9 Å². The Labute approximate surface area is 139 Å². The van der Waals surface area contributed by atoms with E-state index in [2.05, 4.69) is 9.88 Å². The highest BCUT2D eigenvalue weighted by atomic mass is 32.2. The molecular weight excluding hydrogens is 318 g/mol. The molecule has 0 aliphatic heterocycles. The first-order valence-corrected chi connectivity index (χ1v) is 9.60. The lowest BCUT2D eigenvalue weighted by Crippen LogP contribution is -2.42. The first kappa shape index (κ1) is 17.6. The maximum Gasteiger partial charge on any atom is 0.170 e. The topological polar surface area (TPSA) is 93.7 Å². The molecule has 1 aromatic rings. The third-order valence-corrected chi connectivity index (χ3v) is 6.59. The van der Waals surface area contributed by atoms with Crippen LogP contribution in [0.2, 0.25) is 0 Å². The highest BCUT2D eigenvalue weighted by molar-refractivity contribution is 7.90. The number of amidine groups is 1. The normalized spacial score (nSPS) is 20.3. The van der Waals surface area contributed by atoms with E-state index >= 15 is 0 Å². The molecule has 1 saturated carbocycles. The Balaban J connectivity index is 2.22. The van der Waals surface area contributed by atoms with Crippen molar-refractivity contribution in [3.63, 3.8) is 0 Å². The molecule has 0 spiro atoms. The van der Waals surface area contributed by atoms with E-state index in [9.17, 15) is 4.55 Å². The minimum absolute atomic E-state index is 0.0628. The highest BCUT2D eigenvalue weighted by Crippen LogP contribution is 2.39. The second-order valence-corrected chi connectivity index (χ2v) is 9.68. The van der Waals surface area contributed by atoms with E-state index in [4.69, 9.17) is 10.9 Å². The molecule has 0 amide bonds. The summed E-state index contributed by atoms with van der Waals surface area (Å²) in [6, 6.07) is 2.00. The molecular formula is C15H25N3O2S2. The van der Waals surface area contributed by atoms with E-state index in [1.54, 1.807) is 11.3 Å².